The molecule has 2 aromatic carbocycles. The Hall–Kier alpha value is -2.07. The average Bonchev–Trinajstić information content (AvgIpc) is 2.42. The highest BCUT2D eigenvalue weighted by Crippen LogP contribution is 2.14. The van der Waals surface area contributed by atoms with Gasteiger partial charge in [-0.1, -0.05) is 18.2 Å². The summed E-state index contributed by atoms with van der Waals surface area (Å²) in [6.45, 7) is 0.638. The van der Waals surface area contributed by atoms with Gasteiger partial charge >= 0.3 is 0 Å². The van der Waals surface area contributed by atoms with Crippen molar-refractivity contribution in [2.45, 2.75) is 6.54 Å². The number of rotatable bonds is 4. The van der Waals surface area contributed by atoms with Crippen molar-refractivity contribution < 1.29 is 13.6 Å². The fourth-order valence-corrected chi connectivity index (χ4v) is 1.83. The number of carbonyl (C=O) groups excluding carboxylic acids is 1. The molecule has 0 aromatic heterocycles. The summed E-state index contributed by atoms with van der Waals surface area (Å²) >= 11 is 0. The number of nitrogens with one attached hydrogen (secondary N) is 1. The highest BCUT2D eigenvalue weighted by atomic mass is 19.2. The summed E-state index contributed by atoms with van der Waals surface area (Å²) in [5.74, 6) is -2.30. The van der Waals surface area contributed by atoms with Gasteiger partial charge in [-0.2, -0.15) is 0 Å². The van der Waals surface area contributed by atoms with E-state index in [1.807, 2.05) is 13.1 Å². The van der Waals surface area contributed by atoms with Gasteiger partial charge in [0.1, 0.15) is 0 Å². The van der Waals surface area contributed by atoms with Crippen LogP contribution in [0.2, 0.25) is 0 Å². The Labute approximate surface area is 110 Å². The van der Waals surface area contributed by atoms with Crippen molar-refractivity contribution in [3.8, 4) is 0 Å². The first-order valence-corrected chi connectivity index (χ1v) is 5.85. The van der Waals surface area contributed by atoms with E-state index in [4.69, 9.17) is 0 Å². The molecule has 0 amide bonds. The maximum atomic E-state index is 13.1. The molecule has 0 radical (unpaired) electrons. The fourth-order valence-electron chi connectivity index (χ4n) is 1.83. The van der Waals surface area contributed by atoms with E-state index in [-0.39, 0.29) is 11.3 Å². The minimum atomic E-state index is -1.02. The number of benzene rings is 2. The molecule has 0 saturated carbocycles. The van der Waals surface area contributed by atoms with Crippen molar-refractivity contribution in [3.63, 3.8) is 0 Å². The molecule has 0 spiro atoms. The molecule has 2 aromatic rings. The minimum absolute atomic E-state index is 0.139. The van der Waals surface area contributed by atoms with E-state index in [1.165, 1.54) is 6.07 Å². The topological polar surface area (TPSA) is 29.1 Å². The summed E-state index contributed by atoms with van der Waals surface area (Å²) in [6, 6.07) is 10.2. The van der Waals surface area contributed by atoms with Gasteiger partial charge < -0.3 is 5.32 Å². The first kappa shape index (κ1) is 13.4. The van der Waals surface area contributed by atoms with Crippen LogP contribution in [-0.4, -0.2) is 12.8 Å². The van der Waals surface area contributed by atoms with Crippen LogP contribution in [0.15, 0.2) is 42.5 Å². The second-order valence-electron chi connectivity index (χ2n) is 4.19. The van der Waals surface area contributed by atoms with Crippen molar-refractivity contribution in [2.75, 3.05) is 7.05 Å². The van der Waals surface area contributed by atoms with Crippen LogP contribution in [-0.2, 0) is 6.54 Å². The number of hydrogen-bond acceptors (Lipinski definition) is 2. The molecular weight excluding hydrogens is 248 g/mol. The largest absolute Gasteiger partial charge is 0.316 e. The van der Waals surface area contributed by atoms with Crippen LogP contribution in [0, 0.1) is 11.6 Å². The van der Waals surface area contributed by atoms with Gasteiger partial charge in [-0.05, 0) is 36.9 Å². The molecule has 0 aliphatic heterocycles. The lowest BCUT2D eigenvalue weighted by Gasteiger charge is -2.05. The predicted octanol–water partition coefficient (Wildman–Crippen LogP) is 2.92. The Bertz CT molecular complexity index is 611. The van der Waals surface area contributed by atoms with Gasteiger partial charge in [0.2, 0.25) is 0 Å². The first-order valence-electron chi connectivity index (χ1n) is 5.85. The quantitative estimate of drug-likeness (QED) is 0.857. The Balaban J connectivity index is 2.32. The van der Waals surface area contributed by atoms with Gasteiger partial charge in [0, 0.05) is 17.7 Å². The van der Waals surface area contributed by atoms with Gasteiger partial charge in [0.05, 0.1) is 0 Å². The summed E-state index contributed by atoms with van der Waals surface area (Å²) in [6.07, 6.45) is 0. The molecule has 0 atom stereocenters. The van der Waals surface area contributed by atoms with Crippen LogP contribution in [0.5, 0.6) is 0 Å². The third-order valence-electron chi connectivity index (χ3n) is 2.75. The molecule has 98 valence electrons. The van der Waals surface area contributed by atoms with E-state index in [2.05, 4.69) is 5.32 Å². The molecule has 0 aliphatic rings. The maximum Gasteiger partial charge on any atom is 0.193 e. The number of carbonyl (C=O) groups is 1. The van der Waals surface area contributed by atoms with Crippen LogP contribution >= 0.6 is 0 Å². The van der Waals surface area contributed by atoms with Crippen LogP contribution in [0.3, 0.4) is 0 Å². The highest BCUT2D eigenvalue weighted by Gasteiger charge is 2.12. The van der Waals surface area contributed by atoms with Crippen molar-refractivity contribution in [2.24, 2.45) is 0 Å². The van der Waals surface area contributed by atoms with Crippen molar-refractivity contribution in [1.82, 2.24) is 5.32 Å². The molecule has 0 unspecified atom stereocenters. The predicted molar refractivity (Wildman–Crippen MR) is 69.0 cm³/mol. The van der Waals surface area contributed by atoms with Gasteiger partial charge in [0.15, 0.2) is 17.4 Å². The number of hydrogen-bond donors (Lipinski definition) is 1. The standard InChI is InChI=1S/C15H13F2NO/c1-18-9-10-3-2-4-11(7-10)15(19)12-5-6-13(16)14(17)8-12/h2-8,18H,9H2,1H3. The molecule has 2 nitrogen and oxygen atoms in total. The van der Waals surface area contributed by atoms with Crippen LogP contribution in [0.25, 0.3) is 0 Å². The average molecular weight is 261 g/mol. The van der Waals surface area contributed by atoms with E-state index in [0.717, 1.165) is 17.7 Å². The summed E-state index contributed by atoms with van der Waals surface area (Å²) in [4.78, 5) is 12.2. The van der Waals surface area contributed by atoms with E-state index in [9.17, 15) is 13.6 Å². The number of halogens is 2. The van der Waals surface area contributed by atoms with E-state index < -0.39 is 11.6 Å². The molecule has 0 aliphatic carbocycles. The second kappa shape index (κ2) is 5.71. The molecule has 0 fully saturated rings. The minimum Gasteiger partial charge on any atom is -0.316 e. The monoisotopic (exact) mass is 261 g/mol. The first-order chi connectivity index (χ1) is 9.11. The van der Waals surface area contributed by atoms with Crippen molar-refractivity contribution in [3.05, 3.63) is 70.8 Å². The molecule has 4 heteroatoms. The Morgan fingerprint density at radius 2 is 1.79 bits per heavy atom. The van der Waals surface area contributed by atoms with Crippen LogP contribution in [0.1, 0.15) is 21.5 Å². The van der Waals surface area contributed by atoms with Gasteiger partial charge in [-0.25, -0.2) is 8.78 Å². The molecule has 1 N–H and O–H groups in total. The van der Waals surface area contributed by atoms with Gasteiger partial charge in [-0.3, -0.25) is 4.79 Å². The summed E-state index contributed by atoms with van der Waals surface area (Å²) in [5.41, 5.74) is 1.55. The summed E-state index contributed by atoms with van der Waals surface area (Å²) < 4.78 is 26.0. The van der Waals surface area contributed by atoms with E-state index in [1.54, 1.807) is 18.2 Å². The summed E-state index contributed by atoms with van der Waals surface area (Å²) in [7, 11) is 1.81. The lowest BCUT2D eigenvalue weighted by atomic mass is 10.0. The molecular formula is C15H13F2NO. The molecule has 0 saturated heterocycles. The van der Waals surface area contributed by atoms with Gasteiger partial charge in [0.25, 0.3) is 0 Å². The highest BCUT2D eigenvalue weighted by molar-refractivity contribution is 6.09. The zero-order valence-electron chi connectivity index (χ0n) is 10.4. The van der Waals surface area contributed by atoms with Crippen molar-refractivity contribution >= 4 is 5.78 Å². The van der Waals surface area contributed by atoms with Crippen LogP contribution in [0.4, 0.5) is 8.78 Å². The Morgan fingerprint density at radius 3 is 2.47 bits per heavy atom. The summed E-state index contributed by atoms with van der Waals surface area (Å²) in [5, 5.41) is 2.99. The lowest BCUT2D eigenvalue weighted by Crippen LogP contribution is -2.07. The Morgan fingerprint density at radius 1 is 1.05 bits per heavy atom. The normalized spacial score (nSPS) is 10.5. The van der Waals surface area contributed by atoms with E-state index in [0.29, 0.717) is 12.1 Å². The van der Waals surface area contributed by atoms with Gasteiger partial charge in [-0.15, -0.1) is 0 Å². The van der Waals surface area contributed by atoms with E-state index >= 15 is 0 Å². The zero-order chi connectivity index (χ0) is 13.8. The third kappa shape index (κ3) is 3.03. The second-order valence-corrected chi connectivity index (χ2v) is 4.19. The Kier molecular flexibility index (Phi) is 4.02. The fraction of sp³-hybridized carbons (Fsp3) is 0.133. The smallest absolute Gasteiger partial charge is 0.193 e. The zero-order valence-corrected chi connectivity index (χ0v) is 10.4. The lowest BCUT2D eigenvalue weighted by molar-refractivity contribution is 0.103. The van der Waals surface area contributed by atoms with Crippen LogP contribution < -0.4 is 5.32 Å². The third-order valence-corrected chi connectivity index (χ3v) is 2.75. The number of ketones is 1. The maximum absolute atomic E-state index is 13.1. The molecule has 19 heavy (non-hydrogen) atoms. The molecule has 0 bridgehead atoms. The van der Waals surface area contributed by atoms with Crippen molar-refractivity contribution in [1.29, 1.82) is 0 Å². The SMILES string of the molecule is CNCc1cccc(C(=O)c2ccc(F)c(F)c2)c1. The molecule has 0 heterocycles. The molecule has 2 rings (SSSR count).